The Morgan fingerprint density at radius 2 is 1.73 bits per heavy atom. The summed E-state index contributed by atoms with van der Waals surface area (Å²) < 4.78 is 0. The summed E-state index contributed by atoms with van der Waals surface area (Å²) in [6, 6.07) is 2.55. The molecule has 1 aliphatic heterocycles. The summed E-state index contributed by atoms with van der Waals surface area (Å²) in [5.41, 5.74) is -0.315. The van der Waals surface area contributed by atoms with Crippen LogP contribution in [0, 0.1) is 11.3 Å². The second kappa shape index (κ2) is 8.86. The number of nitrogens with zero attached hydrogens (tertiary/aromatic N) is 3. The topological polar surface area (TPSA) is 42.3 Å². The molecule has 1 aliphatic rings. The van der Waals surface area contributed by atoms with Crippen molar-refractivity contribution in [2.75, 3.05) is 40.3 Å². The molecule has 1 heterocycles. The Morgan fingerprint density at radius 3 is 2.23 bits per heavy atom. The van der Waals surface area contributed by atoms with Crippen LogP contribution in [0.25, 0.3) is 0 Å². The lowest BCUT2D eigenvalue weighted by Gasteiger charge is -2.41. The molecule has 0 saturated carbocycles. The lowest BCUT2D eigenvalue weighted by molar-refractivity contribution is 0.144. The number of rotatable bonds is 8. The van der Waals surface area contributed by atoms with Crippen molar-refractivity contribution in [1.29, 1.82) is 5.26 Å². The molecule has 22 heavy (non-hydrogen) atoms. The van der Waals surface area contributed by atoms with Crippen LogP contribution < -0.4 is 5.32 Å². The quantitative estimate of drug-likeness (QED) is 0.700. The Labute approximate surface area is 139 Å². The van der Waals surface area contributed by atoms with E-state index in [0.29, 0.717) is 0 Å². The van der Waals surface area contributed by atoms with Crippen LogP contribution in [-0.4, -0.2) is 61.2 Å². The monoisotopic (exact) mass is 310 g/mol. The molecule has 1 fully saturated rings. The van der Waals surface area contributed by atoms with Gasteiger partial charge in [0.2, 0.25) is 0 Å². The number of likely N-dealkylation sites (tertiary alicyclic amines) is 1. The first-order valence-electron chi connectivity index (χ1n) is 8.84. The Hall–Kier alpha value is -0.630. The third-order valence-corrected chi connectivity index (χ3v) is 4.37. The minimum Gasteiger partial charge on any atom is -0.309 e. The van der Waals surface area contributed by atoms with Crippen molar-refractivity contribution in [3.63, 3.8) is 0 Å². The molecule has 0 radical (unpaired) electrons. The van der Waals surface area contributed by atoms with Gasteiger partial charge in [-0.05, 0) is 73.6 Å². The molecule has 0 aliphatic carbocycles. The van der Waals surface area contributed by atoms with Gasteiger partial charge < -0.3 is 9.80 Å². The summed E-state index contributed by atoms with van der Waals surface area (Å²) in [5, 5.41) is 13.1. The van der Waals surface area contributed by atoms with Crippen molar-refractivity contribution < 1.29 is 1.43 Å². The third-order valence-electron chi connectivity index (χ3n) is 4.37. The van der Waals surface area contributed by atoms with Crippen LogP contribution in [0.4, 0.5) is 0 Å². The average Bonchev–Trinajstić information content (AvgIpc) is 2.42. The summed E-state index contributed by atoms with van der Waals surface area (Å²) in [5.74, 6) is 0. The predicted molar refractivity (Wildman–Crippen MR) is 96.0 cm³/mol. The van der Waals surface area contributed by atoms with Crippen molar-refractivity contribution in [1.82, 2.24) is 15.1 Å². The molecule has 0 aromatic heterocycles. The van der Waals surface area contributed by atoms with Gasteiger partial charge in [0.05, 0.1) is 6.07 Å². The van der Waals surface area contributed by atoms with Gasteiger partial charge in [-0.15, -0.1) is 0 Å². The Bertz CT molecular complexity index is 349. The van der Waals surface area contributed by atoms with E-state index in [1.807, 2.05) is 0 Å². The summed E-state index contributed by atoms with van der Waals surface area (Å²) in [7, 11) is 4.28. The highest BCUT2D eigenvalue weighted by molar-refractivity contribution is 5.11. The van der Waals surface area contributed by atoms with Gasteiger partial charge in [-0.1, -0.05) is 12.8 Å². The predicted octanol–water partition coefficient (Wildman–Crippen LogP) is 3.10. The fourth-order valence-electron chi connectivity index (χ4n) is 3.26. The van der Waals surface area contributed by atoms with Crippen LogP contribution in [0.2, 0.25) is 0 Å². The van der Waals surface area contributed by atoms with Gasteiger partial charge in [-0.25, -0.2) is 0 Å². The molecular formula is C18H38N4. The summed E-state index contributed by atoms with van der Waals surface area (Å²) in [6.07, 6.45) is 7.15. The second-order valence-electron chi connectivity index (χ2n) is 8.13. The molecule has 1 saturated heterocycles. The zero-order valence-electron chi connectivity index (χ0n) is 15.4. The first-order chi connectivity index (χ1) is 10.3. The van der Waals surface area contributed by atoms with Gasteiger partial charge >= 0.3 is 0 Å². The van der Waals surface area contributed by atoms with Gasteiger partial charge in [0.25, 0.3) is 0 Å². The number of nitrogens with one attached hydrogen (secondary N) is 1. The molecule has 0 atom stereocenters. The van der Waals surface area contributed by atoms with Crippen molar-refractivity contribution in [3.05, 3.63) is 0 Å². The second-order valence-corrected chi connectivity index (χ2v) is 8.13. The summed E-state index contributed by atoms with van der Waals surface area (Å²) in [6.45, 7) is 10.9. The number of piperidine rings is 1. The van der Waals surface area contributed by atoms with Crippen molar-refractivity contribution in [3.8, 4) is 6.07 Å². The van der Waals surface area contributed by atoms with Crippen molar-refractivity contribution >= 4 is 0 Å². The Morgan fingerprint density at radius 1 is 1.14 bits per heavy atom. The molecule has 1 rings (SSSR count). The molecule has 1 N–H and O–H groups in total. The van der Waals surface area contributed by atoms with E-state index >= 15 is 0 Å². The van der Waals surface area contributed by atoms with Crippen LogP contribution in [0.5, 0.6) is 0 Å². The molecule has 4 nitrogen and oxygen atoms in total. The van der Waals surface area contributed by atoms with Gasteiger partial charge in [0.15, 0.2) is 0 Å². The van der Waals surface area contributed by atoms with Gasteiger partial charge in [0.1, 0.15) is 5.54 Å². The highest BCUT2D eigenvalue weighted by atomic mass is 15.2. The van der Waals surface area contributed by atoms with Crippen molar-refractivity contribution in [2.24, 2.45) is 0 Å². The van der Waals surface area contributed by atoms with Crippen LogP contribution in [-0.2, 0) is 0 Å². The fourth-order valence-corrected chi connectivity index (χ4v) is 3.26. The van der Waals surface area contributed by atoms with Gasteiger partial charge in [-0.3, -0.25) is 5.32 Å². The van der Waals surface area contributed by atoms with Gasteiger partial charge in [-0.2, -0.15) is 5.26 Å². The van der Waals surface area contributed by atoms with E-state index < -0.39 is 0 Å². The molecule has 0 aromatic carbocycles. The molecule has 0 bridgehead atoms. The number of unbranched alkanes of at least 4 members (excludes halogenated alkanes) is 3. The first-order valence-corrected chi connectivity index (χ1v) is 8.84. The van der Waals surface area contributed by atoms with E-state index in [1.54, 1.807) is 0 Å². The van der Waals surface area contributed by atoms with Crippen LogP contribution in [0.1, 0.15) is 60.7 Å². The van der Waals surface area contributed by atoms with E-state index in [9.17, 15) is 5.26 Å². The molecule has 0 spiro atoms. The third kappa shape index (κ3) is 7.58. The van der Waals surface area contributed by atoms with Crippen LogP contribution in [0.15, 0.2) is 0 Å². The van der Waals surface area contributed by atoms with E-state index in [2.05, 4.69) is 56.1 Å². The Balaban J connectivity index is 0.00000484. The van der Waals surface area contributed by atoms with Crippen molar-refractivity contribution in [2.45, 2.75) is 70.4 Å². The molecule has 0 unspecified atom stereocenters. The molecular weight excluding hydrogens is 272 g/mol. The maximum atomic E-state index is 9.57. The highest BCUT2D eigenvalue weighted by Crippen LogP contribution is 2.24. The lowest BCUT2D eigenvalue weighted by Crippen LogP contribution is -2.58. The summed E-state index contributed by atoms with van der Waals surface area (Å²) in [4.78, 5) is 4.79. The number of nitriles is 1. The average molecular weight is 311 g/mol. The van der Waals surface area contributed by atoms with E-state index in [-0.39, 0.29) is 12.5 Å². The van der Waals surface area contributed by atoms with Crippen LogP contribution >= 0.6 is 0 Å². The van der Waals surface area contributed by atoms with Crippen LogP contribution in [0.3, 0.4) is 0 Å². The smallest absolute Gasteiger partial charge is 0.109 e. The highest BCUT2D eigenvalue weighted by Gasteiger charge is 2.37. The standard InChI is InChI=1S/C18H36N4.H2/c1-17(2,3)20-18(16-19)10-14-22(15-11-18)13-9-7-6-8-12-21(4)5;/h20H,6-15H2,1-5H3;1H. The zero-order chi connectivity index (χ0) is 16.6. The maximum absolute atomic E-state index is 9.57. The number of hydrogen-bond donors (Lipinski definition) is 1. The number of hydrogen-bond acceptors (Lipinski definition) is 4. The molecule has 0 amide bonds. The maximum Gasteiger partial charge on any atom is 0.109 e. The molecule has 130 valence electrons. The summed E-state index contributed by atoms with van der Waals surface area (Å²) >= 11 is 0. The normalized spacial score (nSPS) is 19.3. The minimum absolute atomic E-state index is 0. The fraction of sp³-hybridized carbons (Fsp3) is 0.944. The first kappa shape index (κ1) is 19.4. The van der Waals surface area contributed by atoms with E-state index in [4.69, 9.17) is 0 Å². The SMILES string of the molecule is CN(C)CCCCCCN1CCC(C#N)(NC(C)(C)C)CC1.[HH]. The van der Waals surface area contributed by atoms with Gasteiger partial charge in [0, 0.05) is 20.1 Å². The largest absolute Gasteiger partial charge is 0.309 e. The van der Waals surface area contributed by atoms with E-state index in [1.165, 1.54) is 38.8 Å². The van der Waals surface area contributed by atoms with E-state index in [0.717, 1.165) is 25.9 Å². The zero-order valence-corrected chi connectivity index (χ0v) is 15.4. The Kier molecular flexibility index (Phi) is 7.82. The molecule has 4 heteroatoms. The minimum atomic E-state index is -0.319. The molecule has 0 aromatic rings. The lowest BCUT2D eigenvalue weighted by atomic mass is 9.86.